The summed E-state index contributed by atoms with van der Waals surface area (Å²) in [5.74, 6) is 0. The van der Waals surface area contributed by atoms with Gasteiger partial charge in [0.05, 0.1) is 25.3 Å². The van der Waals surface area contributed by atoms with Crippen molar-refractivity contribution in [1.29, 1.82) is 0 Å². The molecular formula is C19H17Cl3N2O2S3. The molecule has 1 heterocycles. The maximum Gasteiger partial charge on any atom is 0.280 e. The van der Waals surface area contributed by atoms with Crippen molar-refractivity contribution in [2.75, 3.05) is 0 Å². The Morgan fingerprint density at radius 3 is 2.41 bits per heavy atom. The molecule has 0 bridgehead atoms. The highest BCUT2D eigenvalue weighted by atomic mass is 35.5. The minimum absolute atomic E-state index is 0.0907. The second-order valence-electron chi connectivity index (χ2n) is 6.79. The standard InChI is InChI=1S/C19H17Cl3N2O2S3/c20-13-10-15(22)18(11-14(13)21)28-24(12-6-2-1-3-7-12)29(25,26)19-23-16-8-4-5-9-17(16)27-19/h4-5,8-12H,1-3,6-7H2. The molecule has 0 unspecified atom stereocenters. The van der Waals surface area contributed by atoms with Crippen molar-refractivity contribution < 1.29 is 8.42 Å². The number of rotatable bonds is 5. The first-order chi connectivity index (χ1) is 13.9. The molecule has 10 heteroatoms. The summed E-state index contributed by atoms with van der Waals surface area (Å²) in [5, 5.41) is 1.03. The molecule has 0 atom stereocenters. The first-order valence-electron chi connectivity index (χ1n) is 9.09. The van der Waals surface area contributed by atoms with Gasteiger partial charge in [0.2, 0.25) is 4.34 Å². The molecule has 1 saturated carbocycles. The average Bonchev–Trinajstić information content (AvgIpc) is 3.15. The minimum atomic E-state index is -3.83. The molecule has 29 heavy (non-hydrogen) atoms. The van der Waals surface area contributed by atoms with Crippen LogP contribution in [0.25, 0.3) is 10.2 Å². The Bertz CT molecular complexity index is 1110. The number of aromatic nitrogens is 1. The number of hydrogen-bond acceptors (Lipinski definition) is 5. The van der Waals surface area contributed by atoms with Gasteiger partial charge in [-0.15, -0.1) is 15.0 Å². The van der Waals surface area contributed by atoms with Gasteiger partial charge in [0.15, 0.2) is 0 Å². The van der Waals surface area contributed by atoms with Gasteiger partial charge in [-0.25, -0.2) is 13.4 Å². The monoisotopic (exact) mass is 506 g/mol. The lowest BCUT2D eigenvalue weighted by Gasteiger charge is -2.31. The second-order valence-corrected chi connectivity index (χ2v) is 12.3. The quantitative estimate of drug-likeness (QED) is 0.269. The average molecular weight is 508 g/mol. The lowest BCUT2D eigenvalue weighted by atomic mass is 9.96. The van der Waals surface area contributed by atoms with Gasteiger partial charge in [0.25, 0.3) is 10.0 Å². The normalized spacial score (nSPS) is 16.0. The van der Waals surface area contributed by atoms with Crippen LogP contribution in [0.3, 0.4) is 0 Å². The molecule has 1 aliphatic rings. The van der Waals surface area contributed by atoms with Gasteiger partial charge in [-0.2, -0.15) is 0 Å². The predicted octanol–water partition coefficient (Wildman–Crippen LogP) is 7.29. The van der Waals surface area contributed by atoms with Crippen LogP contribution < -0.4 is 0 Å². The maximum absolute atomic E-state index is 13.6. The highest BCUT2D eigenvalue weighted by Crippen LogP contribution is 2.42. The van der Waals surface area contributed by atoms with Crippen molar-refractivity contribution in [1.82, 2.24) is 8.69 Å². The molecule has 1 fully saturated rings. The van der Waals surface area contributed by atoms with E-state index >= 15 is 0 Å². The summed E-state index contributed by atoms with van der Waals surface area (Å²) in [7, 11) is -3.83. The zero-order valence-electron chi connectivity index (χ0n) is 15.1. The summed E-state index contributed by atoms with van der Waals surface area (Å²) in [4.78, 5) is 4.94. The van der Waals surface area contributed by atoms with Crippen LogP contribution in [0.4, 0.5) is 0 Å². The van der Waals surface area contributed by atoms with E-state index in [1.165, 1.54) is 21.1 Å². The van der Waals surface area contributed by atoms with Crippen LogP contribution in [0, 0.1) is 0 Å². The molecule has 1 aromatic heterocycles. The lowest BCUT2D eigenvalue weighted by Crippen LogP contribution is -2.36. The van der Waals surface area contributed by atoms with Gasteiger partial charge >= 0.3 is 0 Å². The summed E-state index contributed by atoms with van der Waals surface area (Å²) in [6.07, 6.45) is 4.70. The van der Waals surface area contributed by atoms with Crippen LogP contribution in [-0.4, -0.2) is 23.2 Å². The second kappa shape index (κ2) is 8.91. The molecular weight excluding hydrogens is 491 g/mol. The van der Waals surface area contributed by atoms with Crippen molar-refractivity contribution in [3.8, 4) is 0 Å². The summed E-state index contributed by atoms with van der Waals surface area (Å²) in [6, 6.07) is 10.4. The zero-order valence-corrected chi connectivity index (χ0v) is 19.9. The fraction of sp³-hybridized carbons (Fsp3) is 0.316. The van der Waals surface area contributed by atoms with Gasteiger partial charge in [0.1, 0.15) is 0 Å². The lowest BCUT2D eigenvalue weighted by molar-refractivity contribution is 0.345. The Balaban J connectivity index is 1.76. The molecule has 3 aromatic rings. The Kier molecular flexibility index (Phi) is 6.66. The summed E-state index contributed by atoms with van der Waals surface area (Å²) < 4.78 is 29.6. The van der Waals surface area contributed by atoms with Crippen molar-refractivity contribution in [3.63, 3.8) is 0 Å². The fourth-order valence-electron chi connectivity index (χ4n) is 3.32. The van der Waals surface area contributed by atoms with Crippen LogP contribution in [-0.2, 0) is 10.0 Å². The number of hydrogen-bond donors (Lipinski definition) is 0. The molecule has 0 N–H and O–H groups in total. The number of para-hydroxylation sites is 1. The third-order valence-corrected chi connectivity index (χ3v) is 10.8. The zero-order chi connectivity index (χ0) is 20.6. The molecule has 0 radical (unpaired) electrons. The Morgan fingerprint density at radius 1 is 1.00 bits per heavy atom. The fourth-order valence-corrected chi connectivity index (χ4v) is 8.49. The van der Waals surface area contributed by atoms with E-state index in [-0.39, 0.29) is 10.4 Å². The third kappa shape index (κ3) is 4.56. The van der Waals surface area contributed by atoms with E-state index < -0.39 is 10.0 Å². The molecule has 0 saturated heterocycles. The SMILES string of the molecule is O=S(=O)(c1nc2ccccc2s1)N(Sc1cc(Cl)c(Cl)cc1Cl)C1CCCCC1. The van der Waals surface area contributed by atoms with Gasteiger partial charge in [-0.1, -0.05) is 66.2 Å². The van der Waals surface area contributed by atoms with Gasteiger partial charge < -0.3 is 0 Å². The summed E-state index contributed by atoms with van der Waals surface area (Å²) in [6.45, 7) is 0. The number of thiazole rings is 1. The van der Waals surface area contributed by atoms with E-state index in [9.17, 15) is 8.42 Å². The smallest absolute Gasteiger partial charge is 0.224 e. The summed E-state index contributed by atoms with van der Waals surface area (Å²) >= 11 is 20.8. The molecule has 1 aliphatic carbocycles. The van der Waals surface area contributed by atoms with Crippen LogP contribution in [0.5, 0.6) is 0 Å². The van der Waals surface area contributed by atoms with E-state index in [4.69, 9.17) is 34.8 Å². The molecule has 154 valence electrons. The number of nitrogens with zero attached hydrogens (tertiary/aromatic N) is 2. The van der Waals surface area contributed by atoms with Crippen LogP contribution in [0.2, 0.25) is 15.1 Å². The molecule has 4 rings (SSSR count). The summed E-state index contributed by atoms with van der Waals surface area (Å²) in [5.41, 5.74) is 0.678. The minimum Gasteiger partial charge on any atom is -0.224 e. The van der Waals surface area contributed by atoms with E-state index in [0.717, 1.165) is 48.8 Å². The third-order valence-electron chi connectivity index (χ3n) is 4.77. The highest BCUT2D eigenvalue weighted by Gasteiger charge is 2.36. The van der Waals surface area contributed by atoms with E-state index in [1.807, 2.05) is 24.3 Å². The molecule has 4 nitrogen and oxygen atoms in total. The number of halogens is 3. The topological polar surface area (TPSA) is 50.3 Å². The van der Waals surface area contributed by atoms with E-state index in [1.54, 1.807) is 6.07 Å². The molecule has 0 amide bonds. The van der Waals surface area contributed by atoms with Crippen LogP contribution in [0.15, 0.2) is 45.6 Å². The molecule has 0 aliphatic heterocycles. The predicted molar refractivity (Wildman–Crippen MR) is 123 cm³/mol. The van der Waals surface area contributed by atoms with Crippen LogP contribution in [0.1, 0.15) is 32.1 Å². The Morgan fingerprint density at radius 2 is 1.69 bits per heavy atom. The highest BCUT2D eigenvalue weighted by molar-refractivity contribution is 8.09. The van der Waals surface area contributed by atoms with Crippen molar-refractivity contribution in [2.45, 2.75) is 47.4 Å². The molecule has 2 aromatic carbocycles. The largest absolute Gasteiger partial charge is 0.280 e. The van der Waals surface area contributed by atoms with E-state index in [2.05, 4.69) is 4.98 Å². The van der Waals surface area contributed by atoms with Crippen molar-refractivity contribution >= 4 is 78.3 Å². The number of fused-ring (bicyclic) bond motifs is 1. The van der Waals surface area contributed by atoms with Crippen molar-refractivity contribution in [2.24, 2.45) is 0 Å². The molecule has 0 spiro atoms. The van der Waals surface area contributed by atoms with E-state index in [0.29, 0.717) is 25.5 Å². The maximum atomic E-state index is 13.6. The Labute approximate surface area is 193 Å². The first-order valence-corrected chi connectivity index (χ1v) is 13.2. The Hall–Kier alpha value is -0.540. The van der Waals surface area contributed by atoms with Crippen LogP contribution >= 0.6 is 58.1 Å². The van der Waals surface area contributed by atoms with Gasteiger partial charge in [-0.3, -0.25) is 0 Å². The van der Waals surface area contributed by atoms with Gasteiger partial charge in [0, 0.05) is 10.9 Å². The number of benzene rings is 2. The number of sulfonamides is 1. The van der Waals surface area contributed by atoms with Crippen molar-refractivity contribution in [3.05, 3.63) is 51.5 Å². The first kappa shape index (κ1) is 21.7. The van der Waals surface area contributed by atoms with Gasteiger partial charge in [-0.05, 0) is 49.1 Å².